The van der Waals surface area contributed by atoms with Crippen LogP contribution in [0.4, 0.5) is 17.1 Å². The number of allylic oxidation sites excluding steroid dienone is 1. The first kappa shape index (κ1) is 41.2. The molecule has 4 aromatic rings. The zero-order valence-corrected chi connectivity index (χ0v) is 37.1. The second-order valence-corrected chi connectivity index (χ2v) is 20.2. The standard InChI is InChI=1S/C52H52N4O6S/c1-51(2)40-28-33(29-47(57)53-25-11-5-6-16-48(58)56-32-36-14-8-7-12-34(36)18-19-35-13-9-10-15-42(35)56)17-21-43(40)54-26-23-45-38(49(51)54)31-39-46(62-45)24-27-55-44-22-20-37(63(59,60)61)30-41(44)52(3,4)50(39)55/h7-10,12-15,17,20-22,28,30-31,45-46H,5-6,11,16,23-27,29,32H2,1-4H3,(H-,53,57,59,60,61)/p+1. The molecule has 0 saturated heterocycles. The van der Waals surface area contributed by atoms with Crippen LogP contribution in [0.1, 0.15) is 99.6 Å². The number of carbonyl (C=O) groups is 2. The van der Waals surface area contributed by atoms with Crippen molar-refractivity contribution in [2.45, 2.75) is 107 Å². The lowest BCUT2D eigenvalue weighted by molar-refractivity contribution is -0.445. The summed E-state index contributed by atoms with van der Waals surface area (Å²) in [5, 5.41) is 3.12. The van der Waals surface area contributed by atoms with Crippen molar-refractivity contribution in [1.29, 1.82) is 0 Å². The summed E-state index contributed by atoms with van der Waals surface area (Å²) in [5.74, 6) is 6.60. The quantitative estimate of drug-likeness (QED) is 0.0758. The zero-order valence-electron chi connectivity index (χ0n) is 36.3. The highest BCUT2D eigenvalue weighted by Gasteiger charge is 2.54. The van der Waals surface area contributed by atoms with Gasteiger partial charge in [0.05, 0.1) is 41.2 Å². The molecule has 4 aromatic carbocycles. The normalized spacial score (nSPS) is 20.9. The Morgan fingerprint density at radius 2 is 1.63 bits per heavy atom. The molecule has 322 valence electrons. The minimum atomic E-state index is -4.35. The molecular formula is C52H53N4O6S+. The topological polar surface area (TPSA) is 119 Å². The van der Waals surface area contributed by atoms with E-state index >= 15 is 0 Å². The van der Waals surface area contributed by atoms with E-state index in [1.807, 2.05) is 59.5 Å². The molecule has 10 rings (SSSR count). The van der Waals surface area contributed by atoms with Gasteiger partial charge in [-0.2, -0.15) is 13.0 Å². The van der Waals surface area contributed by atoms with Crippen molar-refractivity contribution in [3.63, 3.8) is 0 Å². The molecule has 11 heteroatoms. The number of hydrogen-bond donors (Lipinski definition) is 2. The van der Waals surface area contributed by atoms with Crippen LogP contribution in [0.3, 0.4) is 0 Å². The molecule has 2 atom stereocenters. The van der Waals surface area contributed by atoms with Crippen LogP contribution in [0.25, 0.3) is 0 Å². The first-order chi connectivity index (χ1) is 30.2. The maximum Gasteiger partial charge on any atom is 0.294 e. The maximum absolute atomic E-state index is 13.6. The molecule has 0 aliphatic carbocycles. The van der Waals surface area contributed by atoms with Gasteiger partial charge in [0.15, 0.2) is 12.3 Å². The van der Waals surface area contributed by atoms with Crippen molar-refractivity contribution in [1.82, 2.24) is 5.32 Å². The minimum absolute atomic E-state index is 0.0159. The third-order valence-corrected chi connectivity index (χ3v) is 14.9. The van der Waals surface area contributed by atoms with Crippen molar-refractivity contribution in [3.8, 4) is 11.8 Å². The van der Waals surface area contributed by atoms with Gasteiger partial charge < -0.3 is 19.9 Å². The van der Waals surface area contributed by atoms with E-state index in [2.05, 4.69) is 78.6 Å². The number of hydrogen-bond acceptors (Lipinski definition) is 6. The van der Waals surface area contributed by atoms with Gasteiger partial charge in [-0.1, -0.05) is 74.6 Å². The number of nitrogens with one attached hydrogen (secondary N) is 1. The number of para-hydroxylation sites is 1. The summed E-state index contributed by atoms with van der Waals surface area (Å²) >= 11 is 0. The van der Waals surface area contributed by atoms with E-state index in [-0.39, 0.29) is 40.8 Å². The molecule has 2 unspecified atom stereocenters. The van der Waals surface area contributed by atoms with Crippen LogP contribution in [-0.4, -0.2) is 66.9 Å². The molecular weight excluding hydrogens is 809 g/mol. The summed E-state index contributed by atoms with van der Waals surface area (Å²) in [6.45, 7) is 11.4. The van der Waals surface area contributed by atoms with E-state index in [4.69, 9.17) is 4.74 Å². The van der Waals surface area contributed by atoms with Crippen LogP contribution in [-0.2, 0) is 48.2 Å². The van der Waals surface area contributed by atoms with Crippen LogP contribution >= 0.6 is 0 Å². The van der Waals surface area contributed by atoms with E-state index in [0.29, 0.717) is 19.5 Å². The van der Waals surface area contributed by atoms with Gasteiger partial charge in [-0.25, -0.2) is 0 Å². The van der Waals surface area contributed by atoms with Crippen LogP contribution in [0.2, 0.25) is 0 Å². The number of amides is 2. The van der Waals surface area contributed by atoms with Crippen LogP contribution < -0.4 is 15.1 Å². The average Bonchev–Trinajstić information content (AvgIpc) is 3.63. The number of anilines is 2. The number of carbonyl (C=O) groups excluding carboxylic acids is 2. The van der Waals surface area contributed by atoms with Crippen LogP contribution in [0.5, 0.6) is 0 Å². The second-order valence-electron chi connectivity index (χ2n) is 18.7. The SMILES string of the molecule is CC1(C)C2=C3C=C4C5=[N+](CCC4OC3CCN2c2ccc(CC(=O)NCCCCCC(=O)N3Cc4ccccc4C#Cc4ccccc43)cc21)c1ccc(S(=O)(=O)O)cc1C5(C)C. The summed E-state index contributed by atoms with van der Waals surface area (Å²) in [7, 11) is -4.35. The van der Waals surface area contributed by atoms with Gasteiger partial charge in [0.1, 0.15) is 0 Å². The molecule has 0 spiro atoms. The molecule has 0 aromatic heterocycles. The Morgan fingerprint density at radius 1 is 0.857 bits per heavy atom. The van der Waals surface area contributed by atoms with Crippen LogP contribution in [0.15, 0.2) is 113 Å². The Balaban J connectivity index is 0.796. The smallest absolute Gasteiger partial charge is 0.294 e. The number of benzene rings is 4. The molecule has 0 radical (unpaired) electrons. The molecule has 0 bridgehead atoms. The number of ether oxygens (including phenoxy) is 1. The van der Waals surface area contributed by atoms with Crippen molar-refractivity contribution in [3.05, 3.63) is 141 Å². The zero-order chi connectivity index (χ0) is 43.8. The molecule has 0 saturated carbocycles. The Hall–Kier alpha value is -5.80. The highest BCUT2D eigenvalue weighted by Crippen LogP contribution is 2.54. The Labute approximate surface area is 370 Å². The third-order valence-electron chi connectivity index (χ3n) is 14.0. The summed E-state index contributed by atoms with van der Waals surface area (Å²) in [5.41, 5.74) is 12.7. The molecule has 6 heterocycles. The Morgan fingerprint density at radius 3 is 2.46 bits per heavy atom. The summed E-state index contributed by atoms with van der Waals surface area (Å²) in [6.07, 6.45) is 7.02. The highest BCUT2D eigenvalue weighted by atomic mass is 32.2. The monoisotopic (exact) mass is 861 g/mol. The lowest BCUT2D eigenvalue weighted by Gasteiger charge is -2.42. The van der Waals surface area contributed by atoms with E-state index < -0.39 is 15.5 Å². The maximum atomic E-state index is 13.6. The van der Waals surface area contributed by atoms with E-state index in [9.17, 15) is 22.6 Å². The van der Waals surface area contributed by atoms with E-state index in [0.717, 1.165) is 95.7 Å². The second kappa shape index (κ2) is 15.5. The molecule has 6 aliphatic rings. The number of unbranched alkanes of at least 4 members (excludes halogenated alkanes) is 2. The fourth-order valence-electron chi connectivity index (χ4n) is 11.0. The van der Waals surface area contributed by atoms with E-state index in [1.54, 1.807) is 6.07 Å². The molecule has 10 nitrogen and oxygen atoms in total. The number of fused-ring (bicyclic) bond motifs is 10. The molecule has 2 N–H and O–H groups in total. The van der Waals surface area contributed by atoms with Gasteiger partial charge in [0.2, 0.25) is 17.5 Å². The Bertz CT molecular complexity index is 2900. The fourth-order valence-corrected chi connectivity index (χ4v) is 11.5. The van der Waals surface area contributed by atoms with Gasteiger partial charge in [-0.3, -0.25) is 14.1 Å². The van der Waals surface area contributed by atoms with Crippen LogP contribution in [0, 0.1) is 11.8 Å². The summed E-state index contributed by atoms with van der Waals surface area (Å²) < 4.78 is 43.4. The van der Waals surface area contributed by atoms with Gasteiger partial charge in [-0.05, 0) is 92.3 Å². The van der Waals surface area contributed by atoms with Crippen molar-refractivity contribution in [2.75, 3.05) is 29.4 Å². The minimum Gasteiger partial charge on any atom is -0.365 e. The lowest BCUT2D eigenvalue weighted by Crippen LogP contribution is -2.47. The molecule has 6 aliphatic heterocycles. The highest BCUT2D eigenvalue weighted by molar-refractivity contribution is 7.85. The largest absolute Gasteiger partial charge is 0.365 e. The van der Waals surface area contributed by atoms with E-state index in [1.165, 1.54) is 28.6 Å². The number of rotatable bonds is 9. The van der Waals surface area contributed by atoms with Gasteiger partial charge in [0, 0.05) is 76.6 Å². The predicted molar refractivity (Wildman–Crippen MR) is 244 cm³/mol. The summed E-state index contributed by atoms with van der Waals surface area (Å²) in [6, 6.07) is 27.2. The van der Waals surface area contributed by atoms with Gasteiger partial charge in [-0.15, -0.1) is 0 Å². The molecule has 2 amide bonds. The average molecular weight is 862 g/mol. The fraction of sp³-hybridized carbons (Fsp3) is 0.365. The van der Waals surface area contributed by atoms with Gasteiger partial charge >= 0.3 is 0 Å². The lowest BCUT2D eigenvalue weighted by atomic mass is 9.74. The molecule has 63 heavy (non-hydrogen) atoms. The summed E-state index contributed by atoms with van der Waals surface area (Å²) in [4.78, 5) is 31.1. The van der Waals surface area contributed by atoms with Crippen molar-refractivity contribution >= 4 is 44.7 Å². The first-order valence-electron chi connectivity index (χ1n) is 22.3. The van der Waals surface area contributed by atoms with Gasteiger partial charge in [0.25, 0.3) is 10.1 Å². The predicted octanol–water partition coefficient (Wildman–Crippen LogP) is 8.03. The Kier molecular flexibility index (Phi) is 10.1. The first-order valence-corrected chi connectivity index (χ1v) is 23.7. The third kappa shape index (κ3) is 7.13. The van der Waals surface area contributed by atoms with Crippen molar-refractivity contribution in [2.24, 2.45) is 0 Å². The number of nitrogens with zero attached hydrogens (tertiary/aromatic N) is 3. The molecule has 0 fully saturated rings. The van der Waals surface area contributed by atoms with Crippen molar-refractivity contribution < 1.29 is 31.9 Å².